The van der Waals surface area contributed by atoms with Gasteiger partial charge in [0.2, 0.25) is 0 Å². The van der Waals surface area contributed by atoms with Crippen LogP contribution in [0, 0.1) is 5.92 Å². The van der Waals surface area contributed by atoms with Crippen LogP contribution in [-0.2, 0) is 4.79 Å². The van der Waals surface area contributed by atoms with E-state index < -0.39 is 0 Å². The van der Waals surface area contributed by atoms with E-state index in [2.05, 4.69) is 0 Å². The van der Waals surface area contributed by atoms with Gasteiger partial charge in [-0.05, 0) is 24.3 Å². The Hall–Kier alpha value is -0.510. The molecule has 0 unspecified atom stereocenters. The van der Waals surface area contributed by atoms with Crippen molar-refractivity contribution in [3.8, 4) is 0 Å². The summed E-state index contributed by atoms with van der Waals surface area (Å²) in [5, 5.41) is 0.765. The average molecular weight is 283 g/mol. The molecule has 1 atom stereocenters. The molecule has 4 heteroatoms. The van der Waals surface area contributed by atoms with Crippen LogP contribution in [0.1, 0.15) is 12.8 Å². The lowest BCUT2D eigenvalue weighted by molar-refractivity contribution is -0.924. The quantitative estimate of drug-likeness (QED) is 0.852. The number of ketones is 1. The largest absolute Gasteiger partial charge is 0.326 e. The molecule has 3 heterocycles. The third kappa shape index (κ3) is 2.44. The van der Waals surface area contributed by atoms with E-state index in [9.17, 15) is 4.79 Å². The van der Waals surface area contributed by atoms with Crippen LogP contribution in [0.2, 0.25) is 5.02 Å². The molecular formula is C14H17ClNOS+. The normalized spacial score (nSPS) is 30.7. The van der Waals surface area contributed by atoms with Gasteiger partial charge in [-0.3, -0.25) is 4.79 Å². The monoisotopic (exact) mass is 282 g/mol. The molecule has 2 bridgehead atoms. The number of benzene rings is 1. The second-order valence-electron chi connectivity index (χ2n) is 5.15. The molecule has 1 aromatic rings. The van der Waals surface area contributed by atoms with Crippen LogP contribution in [0.5, 0.6) is 0 Å². The minimum atomic E-state index is 0.221. The van der Waals surface area contributed by atoms with Gasteiger partial charge in [0.05, 0.1) is 18.8 Å². The van der Waals surface area contributed by atoms with Gasteiger partial charge in [-0.25, -0.2) is 0 Å². The Bertz CT molecular complexity index is 440. The molecule has 3 aliphatic heterocycles. The number of fused-ring (bicyclic) bond motifs is 3. The number of Topliss-reactive ketones (excluding diaryl/α,β-unsaturated/α-hetero) is 1. The molecule has 0 aromatic heterocycles. The Kier molecular flexibility index (Phi) is 3.64. The zero-order valence-corrected chi connectivity index (χ0v) is 11.8. The SMILES string of the molecule is O=C1C2CC[NH+](CC2)[C@H]1CSc1ccc(Cl)cc1. The lowest BCUT2D eigenvalue weighted by Gasteiger charge is -2.40. The molecule has 0 saturated carbocycles. The van der Waals surface area contributed by atoms with Crippen molar-refractivity contribution in [3.63, 3.8) is 0 Å². The number of hydrogen-bond acceptors (Lipinski definition) is 2. The Balaban J connectivity index is 1.63. The van der Waals surface area contributed by atoms with Gasteiger partial charge in [0.25, 0.3) is 0 Å². The summed E-state index contributed by atoms with van der Waals surface area (Å²) in [4.78, 5) is 14.9. The van der Waals surface area contributed by atoms with Crippen molar-refractivity contribution in [2.75, 3.05) is 18.8 Å². The van der Waals surface area contributed by atoms with Crippen molar-refractivity contribution in [2.24, 2.45) is 5.92 Å². The van der Waals surface area contributed by atoms with Crippen molar-refractivity contribution >= 4 is 29.1 Å². The van der Waals surface area contributed by atoms with Crippen LogP contribution in [0.15, 0.2) is 29.2 Å². The molecule has 1 N–H and O–H groups in total. The second-order valence-corrected chi connectivity index (χ2v) is 6.68. The highest BCUT2D eigenvalue weighted by Crippen LogP contribution is 2.24. The van der Waals surface area contributed by atoms with Gasteiger partial charge in [-0.1, -0.05) is 11.6 Å². The molecule has 3 aliphatic rings. The first-order chi connectivity index (χ1) is 8.74. The van der Waals surface area contributed by atoms with E-state index in [-0.39, 0.29) is 6.04 Å². The van der Waals surface area contributed by atoms with E-state index in [0.717, 1.165) is 23.6 Å². The lowest BCUT2D eigenvalue weighted by Crippen LogP contribution is -3.20. The molecule has 3 saturated heterocycles. The maximum absolute atomic E-state index is 12.2. The van der Waals surface area contributed by atoms with Crippen LogP contribution in [0.4, 0.5) is 0 Å². The van der Waals surface area contributed by atoms with Crippen molar-refractivity contribution in [2.45, 2.75) is 23.8 Å². The summed E-state index contributed by atoms with van der Waals surface area (Å²) in [6, 6.07) is 8.10. The topological polar surface area (TPSA) is 21.5 Å². The Morgan fingerprint density at radius 2 is 1.89 bits per heavy atom. The van der Waals surface area contributed by atoms with Gasteiger partial charge >= 0.3 is 0 Å². The van der Waals surface area contributed by atoms with Gasteiger partial charge in [-0.2, -0.15) is 0 Å². The summed E-state index contributed by atoms with van der Waals surface area (Å²) in [5.74, 6) is 1.77. The number of quaternary nitrogens is 1. The third-order valence-corrected chi connectivity index (χ3v) is 5.45. The molecule has 0 amide bonds. The van der Waals surface area contributed by atoms with Crippen LogP contribution in [-0.4, -0.2) is 30.7 Å². The summed E-state index contributed by atoms with van der Waals surface area (Å²) in [7, 11) is 0. The van der Waals surface area contributed by atoms with Gasteiger partial charge in [0.1, 0.15) is 0 Å². The Morgan fingerprint density at radius 1 is 1.22 bits per heavy atom. The number of rotatable bonds is 3. The molecule has 0 aliphatic carbocycles. The first-order valence-electron chi connectivity index (χ1n) is 6.51. The fourth-order valence-corrected chi connectivity index (χ4v) is 4.23. The van der Waals surface area contributed by atoms with Gasteiger partial charge in [-0.15, -0.1) is 11.8 Å². The number of hydrogen-bond donors (Lipinski definition) is 1. The Labute approximate surface area is 117 Å². The van der Waals surface area contributed by atoms with Gasteiger partial charge in [0.15, 0.2) is 11.8 Å². The predicted octanol–water partition coefficient (Wildman–Crippen LogP) is 1.68. The minimum absolute atomic E-state index is 0.221. The van der Waals surface area contributed by atoms with Crippen LogP contribution < -0.4 is 4.90 Å². The number of carbonyl (C=O) groups excluding carboxylic acids is 1. The van der Waals surface area contributed by atoms with Crippen LogP contribution in [0.3, 0.4) is 0 Å². The fourth-order valence-electron chi connectivity index (χ4n) is 3.02. The average Bonchev–Trinajstić information content (AvgIpc) is 2.41. The molecule has 96 valence electrons. The van der Waals surface area contributed by atoms with E-state index in [1.807, 2.05) is 24.3 Å². The number of thioether (sulfide) groups is 1. The summed E-state index contributed by atoms with van der Waals surface area (Å²) < 4.78 is 0. The third-order valence-electron chi connectivity index (χ3n) is 4.10. The molecule has 0 spiro atoms. The van der Waals surface area contributed by atoms with Crippen LogP contribution in [0.25, 0.3) is 0 Å². The fraction of sp³-hybridized carbons (Fsp3) is 0.500. The first kappa shape index (κ1) is 12.5. The Morgan fingerprint density at radius 3 is 2.50 bits per heavy atom. The molecule has 4 rings (SSSR count). The van der Waals surface area contributed by atoms with Crippen LogP contribution >= 0.6 is 23.4 Å². The number of nitrogens with one attached hydrogen (secondary N) is 1. The van der Waals surface area contributed by atoms with Crippen molar-refractivity contribution in [1.82, 2.24) is 0 Å². The zero-order chi connectivity index (χ0) is 12.5. The number of halogens is 1. The summed E-state index contributed by atoms with van der Waals surface area (Å²) in [5.41, 5.74) is 0. The zero-order valence-electron chi connectivity index (χ0n) is 10.2. The number of carbonyl (C=O) groups is 1. The van der Waals surface area contributed by atoms with Crippen molar-refractivity contribution in [3.05, 3.63) is 29.3 Å². The molecular weight excluding hydrogens is 266 g/mol. The van der Waals surface area contributed by atoms with Crippen molar-refractivity contribution in [1.29, 1.82) is 0 Å². The second kappa shape index (κ2) is 5.24. The highest BCUT2D eigenvalue weighted by molar-refractivity contribution is 7.99. The molecule has 3 fully saturated rings. The smallest absolute Gasteiger partial charge is 0.194 e. The standard InChI is InChI=1S/C14H16ClNOS/c15-11-1-3-12(4-2-11)18-9-13-14(17)10-5-7-16(13)8-6-10/h1-4,10,13H,5-9H2/p+1/t13-/m0/s1. The highest BCUT2D eigenvalue weighted by Gasteiger charge is 2.44. The number of piperidine rings is 3. The summed E-state index contributed by atoms with van der Waals surface area (Å²) >= 11 is 7.65. The van der Waals surface area contributed by atoms with Gasteiger partial charge in [0, 0.05) is 28.7 Å². The lowest BCUT2D eigenvalue weighted by atomic mass is 9.83. The first-order valence-corrected chi connectivity index (χ1v) is 7.87. The van der Waals surface area contributed by atoms with E-state index in [0.29, 0.717) is 11.7 Å². The maximum atomic E-state index is 12.2. The van der Waals surface area contributed by atoms with E-state index in [1.165, 1.54) is 22.9 Å². The maximum Gasteiger partial charge on any atom is 0.194 e. The van der Waals surface area contributed by atoms with Crippen molar-refractivity contribution < 1.29 is 9.69 Å². The molecule has 2 nitrogen and oxygen atoms in total. The molecule has 18 heavy (non-hydrogen) atoms. The van der Waals surface area contributed by atoms with Gasteiger partial charge < -0.3 is 4.90 Å². The highest BCUT2D eigenvalue weighted by atomic mass is 35.5. The molecule has 1 aromatic carbocycles. The predicted molar refractivity (Wildman–Crippen MR) is 74.4 cm³/mol. The van der Waals surface area contributed by atoms with E-state index in [4.69, 9.17) is 11.6 Å². The minimum Gasteiger partial charge on any atom is -0.326 e. The summed E-state index contributed by atoms with van der Waals surface area (Å²) in [6.45, 7) is 2.37. The van der Waals surface area contributed by atoms with E-state index in [1.54, 1.807) is 11.8 Å². The molecule has 0 radical (unpaired) electrons. The van der Waals surface area contributed by atoms with E-state index >= 15 is 0 Å². The summed E-state index contributed by atoms with van der Waals surface area (Å²) in [6.07, 6.45) is 2.21.